The maximum atomic E-state index is 12.4. The van der Waals surface area contributed by atoms with Crippen molar-refractivity contribution in [1.29, 1.82) is 0 Å². The molecule has 1 aliphatic heterocycles. The van der Waals surface area contributed by atoms with Gasteiger partial charge in [-0.3, -0.25) is 9.88 Å². The lowest BCUT2D eigenvalue weighted by Crippen LogP contribution is -2.44. The molecular formula is C17H28N4O2S. The van der Waals surface area contributed by atoms with Crippen molar-refractivity contribution in [1.82, 2.24) is 19.8 Å². The summed E-state index contributed by atoms with van der Waals surface area (Å²) in [7, 11) is 2.06. The molecule has 2 rings (SSSR count). The number of amides is 1. The van der Waals surface area contributed by atoms with Crippen LogP contribution in [0.2, 0.25) is 0 Å². The van der Waals surface area contributed by atoms with E-state index in [1.165, 1.54) is 0 Å². The van der Waals surface area contributed by atoms with E-state index in [9.17, 15) is 4.79 Å². The number of ether oxygens (including phenoxy) is 1. The molecule has 7 heteroatoms. The second-order valence-corrected chi connectivity index (χ2v) is 7.97. The molecule has 1 aliphatic rings. The largest absolute Gasteiger partial charge is 0.444 e. The van der Waals surface area contributed by atoms with Crippen LogP contribution >= 0.6 is 11.8 Å². The van der Waals surface area contributed by atoms with Crippen molar-refractivity contribution in [2.45, 2.75) is 56.8 Å². The molecule has 1 aromatic rings. The zero-order valence-electron chi connectivity index (χ0n) is 15.3. The third-order valence-electron chi connectivity index (χ3n) is 3.88. The van der Waals surface area contributed by atoms with Crippen LogP contribution in [-0.2, 0) is 11.3 Å². The van der Waals surface area contributed by atoms with Crippen molar-refractivity contribution < 1.29 is 9.53 Å². The molecule has 24 heavy (non-hydrogen) atoms. The van der Waals surface area contributed by atoms with Gasteiger partial charge in [-0.2, -0.15) is 0 Å². The van der Waals surface area contributed by atoms with Gasteiger partial charge in [0.1, 0.15) is 10.6 Å². The van der Waals surface area contributed by atoms with E-state index < -0.39 is 5.60 Å². The first-order chi connectivity index (χ1) is 11.3. The van der Waals surface area contributed by atoms with Crippen molar-refractivity contribution in [3.63, 3.8) is 0 Å². The Bertz CT molecular complexity index is 562. The highest BCUT2D eigenvalue weighted by molar-refractivity contribution is 7.98. The van der Waals surface area contributed by atoms with E-state index in [4.69, 9.17) is 4.74 Å². The minimum absolute atomic E-state index is 0.194. The zero-order valence-corrected chi connectivity index (χ0v) is 16.1. The van der Waals surface area contributed by atoms with Gasteiger partial charge in [0, 0.05) is 38.1 Å². The lowest BCUT2D eigenvalue weighted by molar-refractivity contribution is 0.0201. The van der Waals surface area contributed by atoms with Crippen molar-refractivity contribution in [2.75, 3.05) is 26.4 Å². The van der Waals surface area contributed by atoms with Crippen molar-refractivity contribution in [3.05, 3.63) is 18.1 Å². The fourth-order valence-electron chi connectivity index (χ4n) is 2.90. The first kappa shape index (κ1) is 19.0. The fourth-order valence-corrected chi connectivity index (χ4v) is 3.42. The van der Waals surface area contributed by atoms with Crippen LogP contribution < -0.4 is 0 Å². The third-order valence-corrected chi connectivity index (χ3v) is 4.60. The highest BCUT2D eigenvalue weighted by Gasteiger charge is 2.32. The number of thioether (sulfide) groups is 1. The Morgan fingerprint density at radius 2 is 2.12 bits per heavy atom. The number of nitrogens with zero attached hydrogens (tertiary/aromatic N) is 4. The summed E-state index contributed by atoms with van der Waals surface area (Å²) in [6.45, 7) is 8.02. The summed E-state index contributed by atoms with van der Waals surface area (Å²) in [5.74, 6) is 0. The van der Waals surface area contributed by atoms with Gasteiger partial charge >= 0.3 is 6.09 Å². The third kappa shape index (κ3) is 5.34. The SMILES string of the molecule is CSc1nccnc1CN(C)CC1CCCN1C(=O)OC(C)(C)C. The number of hydrogen-bond donors (Lipinski definition) is 0. The van der Waals surface area contributed by atoms with E-state index in [2.05, 4.69) is 21.9 Å². The van der Waals surface area contributed by atoms with Crippen LogP contribution in [-0.4, -0.2) is 63.9 Å². The quantitative estimate of drug-likeness (QED) is 0.759. The second-order valence-electron chi connectivity index (χ2n) is 7.18. The Morgan fingerprint density at radius 3 is 2.79 bits per heavy atom. The smallest absolute Gasteiger partial charge is 0.410 e. The molecule has 0 N–H and O–H groups in total. The average molecular weight is 353 g/mol. The summed E-state index contributed by atoms with van der Waals surface area (Å²) in [4.78, 5) is 25.2. The van der Waals surface area contributed by atoms with Gasteiger partial charge in [-0.25, -0.2) is 9.78 Å². The standard InChI is InChI=1S/C17H28N4O2S/c1-17(2,3)23-16(22)21-10-6-7-13(21)11-20(4)12-14-15(24-5)19-9-8-18-14/h8-9,13H,6-7,10-12H2,1-5H3. The predicted molar refractivity (Wildman–Crippen MR) is 96.1 cm³/mol. The van der Waals surface area contributed by atoms with Crippen LogP contribution in [0.1, 0.15) is 39.3 Å². The first-order valence-electron chi connectivity index (χ1n) is 8.32. The number of hydrogen-bond acceptors (Lipinski definition) is 6. The van der Waals surface area contributed by atoms with Crippen LogP contribution in [0, 0.1) is 0 Å². The number of likely N-dealkylation sites (N-methyl/N-ethyl adjacent to an activating group) is 1. The lowest BCUT2D eigenvalue weighted by Gasteiger charge is -2.30. The maximum Gasteiger partial charge on any atom is 0.410 e. The molecule has 0 spiro atoms. The Hall–Kier alpha value is -1.34. The van der Waals surface area contributed by atoms with E-state index in [0.29, 0.717) is 0 Å². The van der Waals surface area contributed by atoms with Crippen molar-refractivity contribution >= 4 is 17.9 Å². The summed E-state index contributed by atoms with van der Waals surface area (Å²) in [6.07, 6.45) is 7.29. The second kappa shape index (κ2) is 8.16. The van der Waals surface area contributed by atoms with Crippen LogP contribution in [0.4, 0.5) is 4.79 Å². The molecule has 0 bridgehead atoms. The van der Waals surface area contributed by atoms with Gasteiger partial charge in [-0.05, 0) is 46.9 Å². The molecule has 1 fully saturated rings. The molecular weight excluding hydrogens is 324 g/mol. The molecule has 1 aromatic heterocycles. The Morgan fingerprint density at radius 1 is 1.42 bits per heavy atom. The highest BCUT2D eigenvalue weighted by atomic mass is 32.2. The Balaban J connectivity index is 1.95. The van der Waals surface area contributed by atoms with Gasteiger partial charge in [-0.1, -0.05) is 0 Å². The number of aromatic nitrogens is 2. The number of carbonyl (C=O) groups excluding carboxylic acids is 1. The molecule has 0 aromatic carbocycles. The average Bonchev–Trinajstić information content (AvgIpc) is 2.94. The molecule has 1 saturated heterocycles. The Kier molecular flexibility index (Phi) is 6.46. The summed E-state index contributed by atoms with van der Waals surface area (Å²) in [5.41, 5.74) is 0.525. The maximum absolute atomic E-state index is 12.4. The normalized spacial score (nSPS) is 18.2. The molecule has 2 heterocycles. The molecule has 1 amide bonds. The lowest BCUT2D eigenvalue weighted by atomic mass is 10.2. The van der Waals surface area contributed by atoms with Crippen molar-refractivity contribution in [2.24, 2.45) is 0 Å². The summed E-state index contributed by atoms with van der Waals surface area (Å²) >= 11 is 1.61. The van der Waals surface area contributed by atoms with Gasteiger partial charge in [-0.15, -0.1) is 11.8 Å². The number of carbonyl (C=O) groups is 1. The van der Waals surface area contributed by atoms with E-state index in [1.807, 2.05) is 31.9 Å². The monoisotopic (exact) mass is 352 g/mol. The molecule has 0 radical (unpaired) electrons. The highest BCUT2D eigenvalue weighted by Crippen LogP contribution is 2.22. The van der Waals surface area contributed by atoms with Crippen LogP contribution in [0.15, 0.2) is 17.4 Å². The first-order valence-corrected chi connectivity index (χ1v) is 9.54. The van der Waals surface area contributed by atoms with Gasteiger partial charge in [0.2, 0.25) is 0 Å². The topological polar surface area (TPSA) is 58.6 Å². The summed E-state index contributed by atoms with van der Waals surface area (Å²) < 4.78 is 5.53. The van der Waals surface area contributed by atoms with Crippen LogP contribution in [0.25, 0.3) is 0 Å². The minimum Gasteiger partial charge on any atom is -0.444 e. The van der Waals surface area contributed by atoms with Crippen LogP contribution in [0.3, 0.4) is 0 Å². The van der Waals surface area contributed by atoms with E-state index in [1.54, 1.807) is 24.2 Å². The van der Waals surface area contributed by atoms with Gasteiger partial charge in [0.25, 0.3) is 0 Å². The summed E-state index contributed by atoms with van der Waals surface area (Å²) in [6, 6.07) is 0.194. The van der Waals surface area contributed by atoms with Crippen molar-refractivity contribution in [3.8, 4) is 0 Å². The van der Waals surface area contributed by atoms with Gasteiger partial charge in [0.05, 0.1) is 5.69 Å². The minimum atomic E-state index is -0.455. The summed E-state index contributed by atoms with van der Waals surface area (Å²) in [5, 5.41) is 0.958. The number of likely N-dealkylation sites (tertiary alicyclic amines) is 1. The van der Waals surface area contributed by atoms with Crippen LogP contribution in [0.5, 0.6) is 0 Å². The van der Waals surface area contributed by atoms with E-state index >= 15 is 0 Å². The predicted octanol–water partition coefficient (Wildman–Crippen LogP) is 3.03. The number of rotatable bonds is 5. The molecule has 1 atom stereocenters. The molecule has 134 valence electrons. The molecule has 6 nitrogen and oxygen atoms in total. The fraction of sp³-hybridized carbons (Fsp3) is 0.706. The molecule has 0 aliphatic carbocycles. The van der Waals surface area contributed by atoms with E-state index in [0.717, 1.165) is 43.2 Å². The zero-order chi connectivity index (χ0) is 17.7. The Labute approximate surface area is 149 Å². The van der Waals surface area contributed by atoms with E-state index in [-0.39, 0.29) is 12.1 Å². The molecule has 1 unspecified atom stereocenters. The molecule has 0 saturated carbocycles. The van der Waals surface area contributed by atoms with Gasteiger partial charge < -0.3 is 9.64 Å². The van der Waals surface area contributed by atoms with Gasteiger partial charge in [0.15, 0.2) is 0 Å².